The molecular formula is C17H12ClN5. The number of pyridine rings is 2. The number of para-hydroxylation sites is 1. The number of benzene rings is 1. The SMILES string of the molecule is Cc1nc(-c2ccncc2Cl)n(-c2cccc3cccnc23)n1. The van der Waals surface area contributed by atoms with Gasteiger partial charge in [-0.05, 0) is 25.1 Å². The predicted molar refractivity (Wildman–Crippen MR) is 89.6 cm³/mol. The summed E-state index contributed by atoms with van der Waals surface area (Å²) in [5.74, 6) is 1.34. The first-order valence-corrected chi connectivity index (χ1v) is 7.49. The maximum absolute atomic E-state index is 6.29. The molecule has 23 heavy (non-hydrogen) atoms. The molecule has 1 aromatic carbocycles. The summed E-state index contributed by atoms with van der Waals surface area (Å²) < 4.78 is 1.78. The van der Waals surface area contributed by atoms with Gasteiger partial charge in [0.2, 0.25) is 0 Å². The molecule has 0 unspecified atom stereocenters. The van der Waals surface area contributed by atoms with E-state index < -0.39 is 0 Å². The van der Waals surface area contributed by atoms with Crippen LogP contribution in [0.3, 0.4) is 0 Å². The number of hydrogen-bond donors (Lipinski definition) is 0. The fourth-order valence-electron chi connectivity index (χ4n) is 2.57. The molecule has 4 aromatic rings. The maximum Gasteiger partial charge on any atom is 0.165 e. The predicted octanol–water partition coefficient (Wildman–Crippen LogP) is 3.84. The Morgan fingerprint density at radius 1 is 1.04 bits per heavy atom. The Balaban J connectivity index is 2.02. The van der Waals surface area contributed by atoms with Crippen molar-refractivity contribution in [2.75, 3.05) is 0 Å². The van der Waals surface area contributed by atoms with Crippen LogP contribution in [-0.2, 0) is 0 Å². The van der Waals surface area contributed by atoms with E-state index in [1.54, 1.807) is 23.3 Å². The average molecular weight is 322 g/mol. The lowest BCUT2D eigenvalue weighted by molar-refractivity contribution is 0.873. The fourth-order valence-corrected chi connectivity index (χ4v) is 2.78. The fraction of sp³-hybridized carbons (Fsp3) is 0.0588. The van der Waals surface area contributed by atoms with Crippen molar-refractivity contribution in [3.63, 3.8) is 0 Å². The van der Waals surface area contributed by atoms with Crippen molar-refractivity contribution in [1.82, 2.24) is 24.7 Å². The van der Waals surface area contributed by atoms with E-state index in [4.69, 9.17) is 11.6 Å². The lowest BCUT2D eigenvalue weighted by Crippen LogP contribution is -2.02. The molecule has 3 aromatic heterocycles. The topological polar surface area (TPSA) is 56.5 Å². The number of halogens is 1. The number of aryl methyl sites for hydroxylation is 1. The standard InChI is InChI=1S/C17H12ClN5/c1-11-21-17(13-7-9-19-10-14(13)18)23(22-11)15-6-2-4-12-5-3-8-20-16(12)15/h2-10H,1H3. The highest BCUT2D eigenvalue weighted by molar-refractivity contribution is 6.33. The van der Waals surface area contributed by atoms with Gasteiger partial charge in [-0.2, -0.15) is 5.10 Å². The van der Waals surface area contributed by atoms with E-state index in [1.165, 1.54) is 0 Å². The molecule has 6 heteroatoms. The van der Waals surface area contributed by atoms with Gasteiger partial charge in [-0.15, -0.1) is 0 Å². The first-order valence-electron chi connectivity index (χ1n) is 7.12. The van der Waals surface area contributed by atoms with Crippen LogP contribution in [0.15, 0.2) is 55.0 Å². The van der Waals surface area contributed by atoms with Gasteiger partial charge in [0.1, 0.15) is 5.82 Å². The third-order valence-electron chi connectivity index (χ3n) is 3.57. The van der Waals surface area contributed by atoms with Gasteiger partial charge < -0.3 is 0 Å². The van der Waals surface area contributed by atoms with Gasteiger partial charge in [0.15, 0.2) is 5.82 Å². The second kappa shape index (κ2) is 5.44. The molecule has 0 spiro atoms. The van der Waals surface area contributed by atoms with Crippen LogP contribution in [0, 0.1) is 6.92 Å². The van der Waals surface area contributed by atoms with Gasteiger partial charge in [-0.25, -0.2) is 9.67 Å². The van der Waals surface area contributed by atoms with E-state index in [-0.39, 0.29) is 0 Å². The molecule has 0 saturated heterocycles. The van der Waals surface area contributed by atoms with Crippen molar-refractivity contribution >= 4 is 22.5 Å². The van der Waals surface area contributed by atoms with Crippen LogP contribution >= 0.6 is 11.6 Å². The summed E-state index contributed by atoms with van der Waals surface area (Å²) in [4.78, 5) is 13.1. The molecule has 3 heterocycles. The van der Waals surface area contributed by atoms with E-state index >= 15 is 0 Å². The molecule has 0 amide bonds. The van der Waals surface area contributed by atoms with Crippen LogP contribution in [0.4, 0.5) is 0 Å². The number of rotatable bonds is 2. The molecule has 0 aliphatic heterocycles. The first kappa shape index (κ1) is 13.8. The Bertz CT molecular complexity index is 1000. The van der Waals surface area contributed by atoms with E-state index in [0.29, 0.717) is 16.7 Å². The Hall–Kier alpha value is -2.79. The van der Waals surface area contributed by atoms with Crippen molar-refractivity contribution in [1.29, 1.82) is 0 Å². The van der Waals surface area contributed by atoms with Gasteiger partial charge in [0.05, 0.1) is 16.2 Å². The average Bonchev–Trinajstić information content (AvgIpc) is 2.96. The smallest absolute Gasteiger partial charge is 0.165 e. The van der Waals surface area contributed by atoms with E-state index in [1.807, 2.05) is 43.3 Å². The van der Waals surface area contributed by atoms with Gasteiger partial charge >= 0.3 is 0 Å². The molecule has 0 bridgehead atoms. The summed E-state index contributed by atoms with van der Waals surface area (Å²) in [5.41, 5.74) is 2.52. The van der Waals surface area contributed by atoms with Gasteiger partial charge in [-0.1, -0.05) is 29.8 Å². The van der Waals surface area contributed by atoms with Crippen LogP contribution in [0.2, 0.25) is 5.02 Å². The zero-order valence-electron chi connectivity index (χ0n) is 12.3. The molecule has 0 aliphatic rings. The zero-order chi connectivity index (χ0) is 15.8. The number of nitrogens with zero attached hydrogens (tertiary/aromatic N) is 5. The Labute approximate surface area is 137 Å². The summed E-state index contributed by atoms with van der Waals surface area (Å²) in [6, 6.07) is 11.7. The van der Waals surface area contributed by atoms with E-state index in [2.05, 4.69) is 20.1 Å². The molecule has 0 atom stereocenters. The summed E-state index contributed by atoms with van der Waals surface area (Å²) >= 11 is 6.29. The van der Waals surface area contributed by atoms with E-state index in [9.17, 15) is 0 Å². The molecular weight excluding hydrogens is 310 g/mol. The van der Waals surface area contributed by atoms with Crippen molar-refractivity contribution in [2.24, 2.45) is 0 Å². The van der Waals surface area contributed by atoms with Gasteiger partial charge in [-0.3, -0.25) is 9.97 Å². The molecule has 112 valence electrons. The molecule has 0 fully saturated rings. The normalized spacial score (nSPS) is 11.0. The Morgan fingerprint density at radius 3 is 2.78 bits per heavy atom. The summed E-state index contributed by atoms with van der Waals surface area (Å²) in [7, 11) is 0. The molecule has 5 nitrogen and oxygen atoms in total. The number of aromatic nitrogens is 5. The molecule has 4 rings (SSSR count). The van der Waals surface area contributed by atoms with Crippen molar-refractivity contribution < 1.29 is 0 Å². The van der Waals surface area contributed by atoms with Gasteiger partial charge in [0.25, 0.3) is 0 Å². The highest BCUT2D eigenvalue weighted by atomic mass is 35.5. The quantitative estimate of drug-likeness (QED) is 0.563. The van der Waals surface area contributed by atoms with Crippen molar-refractivity contribution in [2.45, 2.75) is 6.92 Å². The van der Waals surface area contributed by atoms with Crippen LogP contribution in [-0.4, -0.2) is 24.7 Å². The van der Waals surface area contributed by atoms with Crippen LogP contribution in [0.1, 0.15) is 5.82 Å². The number of hydrogen-bond acceptors (Lipinski definition) is 4. The van der Waals surface area contributed by atoms with Crippen LogP contribution in [0.5, 0.6) is 0 Å². The molecule has 0 N–H and O–H groups in total. The summed E-state index contributed by atoms with van der Waals surface area (Å²) in [6.45, 7) is 1.85. The summed E-state index contributed by atoms with van der Waals surface area (Å²) in [5, 5.41) is 6.12. The Morgan fingerprint density at radius 2 is 1.91 bits per heavy atom. The second-order valence-electron chi connectivity index (χ2n) is 5.10. The van der Waals surface area contributed by atoms with E-state index in [0.717, 1.165) is 22.2 Å². The maximum atomic E-state index is 6.29. The minimum atomic E-state index is 0.536. The second-order valence-corrected chi connectivity index (χ2v) is 5.51. The summed E-state index contributed by atoms with van der Waals surface area (Å²) in [6.07, 6.45) is 5.07. The minimum Gasteiger partial charge on any atom is -0.263 e. The first-order chi connectivity index (χ1) is 11.2. The van der Waals surface area contributed by atoms with Crippen LogP contribution in [0.25, 0.3) is 28.0 Å². The lowest BCUT2D eigenvalue weighted by Gasteiger charge is -2.09. The Kier molecular flexibility index (Phi) is 3.28. The monoisotopic (exact) mass is 321 g/mol. The zero-order valence-corrected chi connectivity index (χ0v) is 13.1. The highest BCUT2D eigenvalue weighted by Gasteiger charge is 2.16. The molecule has 0 aliphatic carbocycles. The largest absolute Gasteiger partial charge is 0.263 e. The van der Waals surface area contributed by atoms with Gasteiger partial charge in [0, 0.05) is 29.5 Å². The van der Waals surface area contributed by atoms with Crippen molar-refractivity contribution in [3.8, 4) is 17.1 Å². The van der Waals surface area contributed by atoms with Crippen molar-refractivity contribution in [3.05, 3.63) is 65.8 Å². The molecule has 0 radical (unpaired) electrons. The highest BCUT2D eigenvalue weighted by Crippen LogP contribution is 2.29. The third-order valence-corrected chi connectivity index (χ3v) is 3.87. The third kappa shape index (κ3) is 2.35. The minimum absolute atomic E-state index is 0.536. The number of fused-ring (bicyclic) bond motifs is 1. The van der Waals surface area contributed by atoms with Crippen LogP contribution < -0.4 is 0 Å². The molecule has 0 saturated carbocycles. The lowest BCUT2D eigenvalue weighted by atomic mass is 10.2.